The van der Waals surface area contributed by atoms with E-state index >= 15 is 0 Å². The van der Waals surface area contributed by atoms with Gasteiger partial charge in [0.05, 0.1) is 12.7 Å². The molecule has 0 amide bonds. The van der Waals surface area contributed by atoms with Crippen LogP contribution in [0.3, 0.4) is 0 Å². The summed E-state index contributed by atoms with van der Waals surface area (Å²) in [6.45, 7) is 5.92. The van der Waals surface area contributed by atoms with Crippen molar-refractivity contribution in [3.63, 3.8) is 0 Å². The molecule has 1 N–H and O–H groups in total. The van der Waals surface area contributed by atoms with E-state index in [1.54, 1.807) is 7.11 Å². The zero-order valence-electron chi connectivity index (χ0n) is 10.0. The standard InChI is InChI=1S/C13H20O2/c1-5-8-13(3,14)11-6-7-12(15-4)10(2)9-11/h6-7,9,14H,5,8H2,1-4H3/t13-/m1/s1. The van der Waals surface area contributed by atoms with Crippen LogP contribution in [0.25, 0.3) is 0 Å². The maximum Gasteiger partial charge on any atom is 0.121 e. The minimum absolute atomic E-state index is 0.730. The lowest BCUT2D eigenvalue weighted by molar-refractivity contribution is 0.0469. The molecule has 0 aliphatic heterocycles. The largest absolute Gasteiger partial charge is 0.496 e. The highest BCUT2D eigenvalue weighted by atomic mass is 16.5. The zero-order chi connectivity index (χ0) is 11.5. The van der Waals surface area contributed by atoms with Gasteiger partial charge in [-0.3, -0.25) is 0 Å². The molecule has 1 atom stereocenters. The van der Waals surface area contributed by atoms with E-state index in [1.165, 1.54) is 0 Å². The second-order valence-corrected chi connectivity index (χ2v) is 4.21. The number of methoxy groups -OCH3 is 1. The lowest BCUT2D eigenvalue weighted by atomic mass is 9.90. The number of aliphatic hydroxyl groups is 1. The fraction of sp³-hybridized carbons (Fsp3) is 0.538. The summed E-state index contributed by atoms with van der Waals surface area (Å²) in [5.41, 5.74) is 1.29. The number of ether oxygens (including phenoxy) is 1. The number of rotatable bonds is 4. The SMILES string of the molecule is CCC[C@@](C)(O)c1ccc(OC)c(C)c1. The van der Waals surface area contributed by atoms with Crippen LogP contribution in [0.2, 0.25) is 0 Å². The third kappa shape index (κ3) is 2.72. The lowest BCUT2D eigenvalue weighted by Crippen LogP contribution is -2.20. The molecule has 1 rings (SSSR count). The van der Waals surface area contributed by atoms with Gasteiger partial charge in [-0.05, 0) is 43.5 Å². The minimum Gasteiger partial charge on any atom is -0.496 e. The molecule has 0 aliphatic carbocycles. The van der Waals surface area contributed by atoms with Gasteiger partial charge in [-0.2, -0.15) is 0 Å². The zero-order valence-corrected chi connectivity index (χ0v) is 10.0. The van der Waals surface area contributed by atoms with E-state index in [-0.39, 0.29) is 0 Å². The van der Waals surface area contributed by atoms with E-state index < -0.39 is 5.60 Å². The van der Waals surface area contributed by atoms with E-state index in [0.717, 1.165) is 29.7 Å². The van der Waals surface area contributed by atoms with Crippen molar-refractivity contribution in [2.45, 2.75) is 39.2 Å². The van der Waals surface area contributed by atoms with E-state index in [4.69, 9.17) is 4.74 Å². The van der Waals surface area contributed by atoms with Crippen molar-refractivity contribution in [3.05, 3.63) is 29.3 Å². The Labute approximate surface area is 91.9 Å². The summed E-state index contributed by atoms with van der Waals surface area (Å²) >= 11 is 0. The summed E-state index contributed by atoms with van der Waals surface area (Å²) in [4.78, 5) is 0. The van der Waals surface area contributed by atoms with Crippen LogP contribution in [-0.2, 0) is 5.60 Å². The quantitative estimate of drug-likeness (QED) is 0.824. The predicted octanol–water partition coefficient (Wildman–Crippen LogP) is 3.01. The van der Waals surface area contributed by atoms with E-state index in [1.807, 2.05) is 32.0 Å². The predicted molar refractivity (Wildman–Crippen MR) is 62.2 cm³/mol. The maximum atomic E-state index is 10.2. The van der Waals surface area contributed by atoms with Crippen molar-refractivity contribution >= 4 is 0 Å². The third-order valence-electron chi connectivity index (χ3n) is 2.75. The molecule has 0 aliphatic rings. The Balaban J connectivity index is 3.01. The average Bonchev–Trinajstić information content (AvgIpc) is 2.17. The van der Waals surface area contributed by atoms with Gasteiger partial charge in [0.2, 0.25) is 0 Å². The Morgan fingerprint density at radius 3 is 2.53 bits per heavy atom. The number of benzene rings is 1. The molecule has 0 radical (unpaired) electrons. The molecule has 0 saturated heterocycles. The summed E-state index contributed by atoms with van der Waals surface area (Å²) in [5, 5.41) is 10.2. The van der Waals surface area contributed by atoms with Gasteiger partial charge in [-0.25, -0.2) is 0 Å². The summed E-state index contributed by atoms with van der Waals surface area (Å²) in [6, 6.07) is 5.84. The molecule has 0 heterocycles. The Morgan fingerprint density at radius 2 is 2.07 bits per heavy atom. The van der Waals surface area contributed by atoms with Crippen LogP contribution in [0.5, 0.6) is 5.75 Å². The van der Waals surface area contributed by atoms with Gasteiger partial charge in [-0.1, -0.05) is 19.4 Å². The molecule has 0 aromatic heterocycles. The second-order valence-electron chi connectivity index (χ2n) is 4.21. The number of hydrogen-bond acceptors (Lipinski definition) is 2. The van der Waals surface area contributed by atoms with Crippen molar-refractivity contribution in [1.29, 1.82) is 0 Å². The maximum absolute atomic E-state index is 10.2. The highest BCUT2D eigenvalue weighted by Crippen LogP contribution is 2.29. The first kappa shape index (κ1) is 12.1. The molecule has 0 bridgehead atoms. The molecule has 2 nitrogen and oxygen atoms in total. The van der Waals surface area contributed by atoms with Crippen molar-refractivity contribution in [2.24, 2.45) is 0 Å². The van der Waals surface area contributed by atoms with Gasteiger partial charge in [0.1, 0.15) is 5.75 Å². The fourth-order valence-corrected chi connectivity index (χ4v) is 1.84. The van der Waals surface area contributed by atoms with Gasteiger partial charge in [-0.15, -0.1) is 0 Å². The third-order valence-corrected chi connectivity index (χ3v) is 2.75. The summed E-state index contributed by atoms with van der Waals surface area (Å²) in [7, 11) is 1.66. The second kappa shape index (κ2) is 4.67. The Kier molecular flexibility index (Phi) is 3.75. The van der Waals surface area contributed by atoms with Gasteiger partial charge < -0.3 is 9.84 Å². The number of hydrogen-bond donors (Lipinski definition) is 1. The molecule has 1 aromatic carbocycles. The molecular formula is C13H20O2. The van der Waals surface area contributed by atoms with Crippen molar-refractivity contribution in [2.75, 3.05) is 7.11 Å². The first-order chi connectivity index (χ1) is 7.01. The van der Waals surface area contributed by atoms with Crippen LogP contribution < -0.4 is 4.74 Å². The number of aryl methyl sites for hydroxylation is 1. The van der Waals surface area contributed by atoms with E-state index in [2.05, 4.69) is 6.92 Å². The van der Waals surface area contributed by atoms with Crippen LogP contribution >= 0.6 is 0 Å². The molecule has 2 heteroatoms. The summed E-state index contributed by atoms with van der Waals surface area (Å²) < 4.78 is 5.19. The van der Waals surface area contributed by atoms with Crippen molar-refractivity contribution in [3.8, 4) is 5.75 Å². The Hall–Kier alpha value is -1.02. The molecule has 15 heavy (non-hydrogen) atoms. The van der Waals surface area contributed by atoms with Gasteiger partial charge >= 0.3 is 0 Å². The first-order valence-corrected chi connectivity index (χ1v) is 5.38. The molecule has 0 fully saturated rings. The first-order valence-electron chi connectivity index (χ1n) is 5.38. The van der Waals surface area contributed by atoms with E-state index in [0.29, 0.717) is 0 Å². The summed E-state index contributed by atoms with van der Waals surface area (Å²) in [6.07, 6.45) is 1.75. The van der Waals surface area contributed by atoms with Crippen LogP contribution in [0.15, 0.2) is 18.2 Å². The van der Waals surface area contributed by atoms with Gasteiger partial charge in [0, 0.05) is 0 Å². The van der Waals surface area contributed by atoms with Gasteiger partial charge in [0.15, 0.2) is 0 Å². The van der Waals surface area contributed by atoms with Crippen LogP contribution in [0.4, 0.5) is 0 Å². The molecule has 1 aromatic rings. The van der Waals surface area contributed by atoms with E-state index in [9.17, 15) is 5.11 Å². The fourth-order valence-electron chi connectivity index (χ4n) is 1.84. The molecule has 0 spiro atoms. The molecular weight excluding hydrogens is 188 g/mol. The Bertz CT molecular complexity index is 329. The average molecular weight is 208 g/mol. The van der Waals surface area contributed by atoms with Crippen LogP contribution in [0, 0.1) is 6.92 Å². The van der Waals surface area contributed by atoms with Crippen LogP contribution in [-0.4, -0.2) is 12.2 Å². The van der Waals surface area contributed by atoms with Crippen molar-refractivity contribution in [1.82, 2.24) is 0 Å². The van der Waals surface area contributed by atoms with Gasteiger partial charge in [0.25, 0.3) is 0 Å². The molecule has 84 valence electrons. The highest BCUT2D eigenvalue weighted by Gasteiger charge is 2.22. The Morgan fingerprint density at radius 1 is 1.40 bits per heavy atom. The topological polar surface area (TPSA) is 29.5 Å². The smallest absolute Gasteiger partial charge is 0.121 e. The normalized spacial score (nSPS) is 14.7. The lowest BCUT2D eigenvalue weighted by Gasteiger charge is -2.24. The highest BCUT2D eigenvalue weighted by molar-refractivity contribution is 5.38. The van der Waals surface area contributed by atoms with Crippen molar-refractivity contribution < 1.29 is 9.84 Å². The van der Waals surface area contributed by atoms with Crippen LogP contribution in [0.1, 0.15) is 37.8 Å². The molecule has 0 unspecified atom stereocenters. The molecule has 0 saturated carbocycles. The monoisotopic (exact) mass is 208 g/mol. The minimum atomic E-state index is -0.730. The summed E-state index contributed by atoms with van der Waals surface area (Å²) in [5.74, 6) is 0.867.